The maximum Gasteiger partial charge on any atom is 0.230 e. The molecule has 0 bridgehead atoms. The number of carbonyl (C=O) groups is 2. The topological polar surface area (TPSA) is 80.1 Å². The molecule has 1 aromatic heterocycles. The summed E-state index contributed by atoms with van der Waals surface area (Å²) in [6, 6.07) is 17.2. The van der Waals surface area contributed by atoms with Crippen molar-refractivity contribution in [2.45, 2.75) is 70.3 Å². The van der Waals surface area contributed by atoms with Gasteiger partial charge in [0.2, 0.25) is 11.8 Å². The van der Waals surface area contributed by atoms with Crippen molar-refractivity contribution in [2.75, 3.05) is 18.4 Å². The molecule has 2 heterocycles. The van der Waals surface area contributed by atoms with Crippen molar-refractivity contribution < 1.29 is 9.59 Å². The summed E-state index contributed by atoms with van der Waals surface area (Å²) >= 11 is 0. The number of hydrogen-bond acceptors (Lipinski definition) is 4. The highest BCUT2D eigenvalue weighted by Gasteiger charge is 2.46. The maximum atomic E-state index is 13.6. The predicted octanol–water partition coefficient (Wildman–Crippen LogP) is 5.09. The van der Waals surface area contributed by atoms with Crippen LogP contribution in [-0.4, -0.2) is 44.6 Å². The lowest BCUT2D eigenvalue weighted by atomic mass is 9.71. The lowest BCUT2D eigenvalue weighted by molar-refractivity contribution is -0.128. The average molecular weight is 498 g/mol. The van der Waals surface area contributed by atoms with Gasteiger partial charge in [-0.05, 0) is 62.6 Å². The van der Waals surface area contributed by atoms with Gasteiger partial charge in [-0.3, -0.25) is 9.59 Å². The van der Waals surface area contributed by atoms with Gasteiger partial charge in [0.05, 0.1) is 11.8 Å². The fraction of sp³-hybridized carbons (Fsp3) is 0.467. The molecule has 7 heteroatoms. The van der Waals surface area contributed by atoms with E-state index >= 15 is 0 Å². The summed E-state index contributed by atoms with van der Waals surface area (Å²) in [6.45, 7) is 6.54. The van der Waals surface area contributed by atoms with Gasteiger partial charge in [0.15, 0.2) is 0 Å². The van der Waals surface area contributed by atoms with Crippen LogP contribution in [0.3, 0.4) is 0 Å². The highest BCUT2D eigenvalue weighted by Crippen LogP contribution is 2.50. The first-order chi connectivity index (χ1) is 17.9. The molecule has 1 aliphatic heterocycles. The molecular weight excluding hydrogens is 462 g/mol. The van der Waals surface area contributed by atoms with Crippen LogP contribution in [0.5, 0.6) is 0 Å². The zero-order valence-electron chi connectivity index (χ0n) is 21.9. The van der Waals surface area contributed by atoms with Crippen molar-refractivity contribution in [3.63, 3.8) is 0 Å². The summed E-state index contributed by atoms with van der Waals surface area (Å²) in [5.41, 5.74) is 4.41. The lowest BCUT2D eigenvalue weighted by Gasteiger charge is -2.35. The van der Waals surface area contributed by atoms with Crippen molar-refractivity contribution in [2.24, 2.45) is 5.92 Å². The van der Waals surface area contributed by atoms with E-state index in [9.17, 15) is 9.59 Å². The van der Waals surface area contributed by atoms with Gasteiger partial charge in [0.1, 0.15) is 11.6 Å². The zero-order valence-corrected chi connectivity index (χ0v) is 21.9. The summed E-state index contributed by atoms with van der Waals surface area (Å²) in [7, 11) is 0. The van der Waals surface area contributed by atoms with Gasteiger partial charge < -0.3 is 14.8 Å². The Kier molecular flexibility index (Phi) is 6.09. The van der Waals surface area contributed by atoms with E-state index in [0.717, 1.165) is 54.1 Å². The molecule has 0 radical (unpaired) electrons. The minimum absolute atomic E-state index is 0.00535. The van der Waals surface area contributed by atoms with E-state index in [1.165, 1.54) is 5.56 Å². The number of benzene rings is 2. The molecule has 2 saturated carbocycles. The number of aryl methyl sites for hydroxylation is 2. The van der Waals surface area contributed by atoms with E-state index in [1.807, 2.05) is 26.0 Å². The van der Waals surface area contributed by atoms with Gasteiger partial charge in [0.25, 0.3) is 0 Å². The van der Waals surface area contributed by atoms with Gasteiger partial charge >= 0.3 is 0 Å². The third-order valence-electron chi connectivity index (χ3n) is 8.51. The van der Waals surface area contributed by atoms with Crippen LogP contribution < -0.4 is 5.32 Å². The Labute approximate surface area is 218 Å². The van der Waals surface area contributed by atoms with Crippen LogP contribution in [0, 0.1) is 19.8 Å². The fourth-order valence-corrected chi connectivity index (χ4v) is 6.15. The van der Waals surface area contributed by atoms with Crippen molar-refractivity contribution in [3.05, 3.63) is 76.9 Å². The molecule has 2 amide bonds. The highest BCUT2D eigenvalue weighted by atomic mass is 16.2. The maximum absolute atomic E-state index is 13.6. The molecule has 2 atom stereocenters. The number of hydrogen-bond donors (Lipinski definition) is 1. The normalized spacial score (nSPS) is 25.1. The fourth-order valence-electron chi connectivity index (χ4n) is 6.15. The summed E-state index contributed by atoms with van der Waals surface area (Å²) in [4.78, 5) is 27.8. The number of nitrogens with one attached hydrogen (secondary N) is 1. The standard InChI is InChI=1S/C30H35N5O2/c1-18-9-12-27(19(2)13-18)31-30(37)26-17-34(20(3)36)16-25(26)29-33-32-28(35(29)24-10-11-24)23-14-22(15-23)21-7-5-4-6-8-21/h4-9,12-13,22-26H,10-11,14-17H2,1-3H3,(H,31,37)/t22-,23-,25-,26-/m0/s1. The third kappa shape index (κ3) is 4.56. The lowest BCUT2D eigenvalue weighted by Crippen LogP contribution is -2.31. The second kappa shape index (κ2) is 9.43. The van der Waals surface area contributed by atoms with Gasteiger partial charge in [-0.15, -0.1) is 10.2 Å². The van der Waals surface area contributed by atoms with E-state index in [4.69, 9.17) is 10.2 Å². The predicted molar refractivity (Wildman–Crippen MR) is 142 cm³/mol. The van der Waals surface area contributed by atoms with Gasteiger partial charge in [0, 0.05) is 37.7 Å². The van der Waals surface area contributed by atoms with Crippen molar-refractivity contribution in [1.29, 1.82) is 0 Å². The Balaban J connectivity index is 1.26. The first kappa shape index (κ1) is 23.9. The molecule has 7 nitrogen and oxygen atoms in total. The summed E-state index contributed by atoms with van der Waals surface area (Å²) in [5, 5.41) is 12.6. The molecule has 0 spiro atoms. The van der Waals surface area contributed by atoms with E-state index in [0.29, 0.717) is 31.0 Å². The number of nitrogens with zero attached hydrogens (tertiary/aromatic N) is 4. The van der Waals surface area contributed by atoms with Crippen LogP contribution in [0.1, 0.15) is 84.7 Å². The molecular formula is C30H35N5O2. The summed E-state index contributed by atoms with van der Waals surface area (Å²) < 4.78 is 2.34. The molecule has 2 aromatic carbocycles. The van der Waals surface area contributed by atoms with Crippen LogP contribution in [0.2, 0.25) is 0 Å². The monoisotopic (exact) mass is 497 g/mol. The largest absolute Gasteiger partial charge is 0.341 e. The van der Waals surface area contributed by atoms with E-state index in [-0.39, 0.29) is 23.7 Å². The van der Waals surface area contributed by atoms with Crippen molar-refractivity contribution in [3.8, 4) is 0 Å². The van der Waals surface area contributed by atoms with Crippen molar-refractivity contribution in [1.82, 2.24) is 19.7 Å². The van der Waals surface area contributed by atoms with E-state index in [1.54, 1.807) is 11.8 Å². The molecule has 1 N–H and O–H groups in total. The Hall–Kier alpha value is -3.48. The van der Waals surface area contributed by atoms with Gasteiger partial charge in [-0.1, -0.05) is 48.0 Å². The number of anilines is 1. The molecule has 6 rings (SSSR count). The molecule has 3 fully saturated rings. The zero-order chi connectivity index (χ0) is 25.7. The molecule has 37 heavy (non-hydrogen) atoms. The number of carbonyl (C=O) groups excluding carboxylic acids is 2. The Morgan fingerprint density at radius 3 is 2.32 bits per heavy atom. The Morgan fingerprint density at radius 1 is 0.919 bits per heavy atom. The third-order valence-corrected chi connectivity index (χ3v) is 8.51. The van der Waals surface area contributed by atoms with Crippen molar-refractivity contribution >= 4 is 17.5 Å². The van der Waals surface area contributed by atoms with E-state index in [2.05, 4.69) is 46.3 Å². The Morgan fingerprint density at radius 2 is 1.65 bits per heavy atom. The van der Waals surface area contributed by atoms with E-state index < -0.39 is 0 Å². The molecule has 0 unspecified atom stereocenters. The molecule has 192 valence electrons. The minimum atomic E-state index is -0.363. The quantitative estimate of drug-likeness (QED) is 0.514. The second-order valence-electron chi connectivity index (χ2n) is 11.2. The summed E-state index contributed by atoms with van der Waals surface area (Å²) in [5.74, 6) is 2.31. The Bertz CT molecular complexity index is 1320. The molecule has 3 aliphatic rings. The second-order valence-corrected chi connectivity index (χ2v) is 11.2. The SMILES string of the molecule is CC(=O)N1C[C@H](C(=O)Nc2ccc(C)cc2C)[C@@H](c2nnc([C@H]3C[C@H](c4ccccc4)C3)n2C2CC2)C1. The molecule has 1 saturated heterocycles. The minimum Gasteiger partial charge on any atom is -0.341 e. The van der Waals surface area contributed by atoms with Crippen LogP contribution in [-0.2, 0) is 9.59 Å². The van der Waals surface area contributed by atoms with Crippen LogP contribution in [0.4, 0.5) is 5.69 Å². The average Bonchev–Trinajstić information content (AvgIpc) is 3.43. The number of likely N-dealkylation sites (tertiary alicyclic amines) is 1. The first-order valence-electron chi connectivity index (χ1n) is 13.5. The van der Waals surface area contributed by atoms with Crippen LogP contribution in [0.25, 0.3) is 0 Å². The molecule has 3 aromatic rings. The van der Waals surface area contributed by atoms with Crippen LogP contribution in [0.15, 0.2) is 48.5 Å². The van der Waals surface area contributed by atoms with Crippen LogP contribution >= 0.6 is 0 Å². The number of aromatic nitrogens is 3. The smallest absolute Gasteiger partial charge is 0.230 e. The number of amides is 2. The number of rotatable bonds is 6. The summed E-state index contributed by atoms with van der Waals surface area (Å²) in [6.07, 6.45) is 4.40. The molecule has 2 aliphatic carbocycles. The highest BCUT2D eigenvalue weighted by molar-refractivity contribution is 5.94. The van der Waals surface area contributed by atoms with Gasteiger partial charge in [-0.25, -0.2) is 0 Å². The van der Waals surface area contributed by atoms with Gasteiger partial charge in [-0.2, -0.15) is 0 Å². The first-order valence-corrected chi connectivity index (χ1v) is 13.5.